The van der Waals surface area contributed by atoms with Gasteiger partial charge in [0.15, 0.2) is 0 Å². The molecule has 4 aromatic rings. The van der Waals surface area contributed by atoms with Crippen LogP contribution in [0.1, 0.15) is 83.1 Å². The first-order chi connectivity index (χ1) is 22.4. The maximum absolute atomic E-state index is 13.9. The van der Waals surface area contributed by atoms with Gasteiger partial charge in [0, 0.05) is 22.4 Å². The van der Waals surface area contributed by atoms with E-state index in [4.69, 9.17) is 4.98 Å². The SMILES string of the molecule is CC1C=CC(C2(C(=O)Nc3ccc4nc(-c5ccc(NC(O)C6(c7ccccc7)CCCCC6)cc5)[nH]c4c3)CCCCC2)=CC1. The molecule has 7 rings (SSSR count). The van der Waals surface area contributed by atoms with Crippen LogP contribution in [-0.2, 0) is 10.2 Å². The normalized spacial score (nSPS) is 21.3. The zero-order valence-corrected chi connectivity index (χ0v) is 26.9. The van der Waals surface area contributed by atoms with E-state index >= 15 is 0 Å². The van der Waals surface area contributed by atoms with Crippen molar-refractivity contribution in [1.82, 2.24) is 9.97 Å². The van der Waals surface area contributed by atoms with E-state index in [0.29, 0.717) is 5.92 Å². The van der Waals surface area contributed by atoms with Gasteiger partial charge < -0.3 is 20.7 Å². The summed E-state index contributed by atoms with van der Waals surface area (Å²) in [6.45, 7) is 2.22. The van der Waals surface area contributed by atoms with Crippen molar-refractivity contribution in [3.05, 3.63) is 102 Å². The number of anilines is 2. The minimum Gasteiger partial charge on any atom is -0.373 e. The molecule has 6 heteroatoms. The van der Waals surface area contributed by atoms with Crippen LogP contribution in [0.3, 0.4) is 0 Å². The Balaban J connectivity index is 1.06. The number of rotatable bonds is 8. The van der Waals surface area contributed by atoms with Crippen molar-refractivity contribution >= 4 is 28.3 Å². The fraction of sp³-hybridized carbons (Fsp3) is 0.400. The van der Waals surface area contributed by atoms with Crippen molar-refractivity contribution in [2.45, 2.75) is 89.2 Å². The monoisotopic (exact) mass is 614 g/mol. The number of H-pyrrole nitrogens is 1. The number of aliphatic hydroxyl groups excluding tert-OH is 1. The Morgan fingerprint density at radius 3 is 2.28 bits per heavy atom. The summed E-state index contributed by atoms with van der Waals surface area (Å²) < 4.78 is 0. The minimum atomic E-state index is -0.678. The molecule has 0 spiro atoms. The highest BCUT2D eigenvalue weighted by molar-refractivity contribution is 5.99. The van der Waals surface area contributed by atoms with Gasteiger partial charge in [-0.05, 0) is 91.6 Å². The predicted octanol–water partition coefficient (Wildman–Crippen LogP) is 9.27. The first kappa shape index (κ1) is 30.5. The molecule has 238 valence electrons. The number of benzene rings is 3. The molecule has 2 fully saturated rings. The molecule has 0 saturated heterocycles. The summed E-state index contributed by atoms with van der Waals surface area (Å²) in [4.78, 5) is 22.2. The number of aromatic amines is 1. The van der Waals surface area contributed by atoms with E-state index in [1.54, 1.807) is 0 Å². The van der Waals surface area contributed by atoms with Crippen molar-refractivity contribution in [2.24, 2.45) is 11.3 Å². The maximum atomic E-state index is 13.9. The number of hydrogen-bond donors (Lipinski definition) is 4. The zero-order chi connectivity index (χ0) is 31.6. The first-order valence-electron chi connectivity index (χ1n) is 17.3. The lowest BCUT2D eigenvalue weighted by atomic mass is 9.67. The summed E-state index contributed by atoms with van der Waals surface area (Å²) in [5.41, 5.74) is 6.02. The number of aliphatic hydroxyl groups is 1. The van der Waals surface area contributed by atoms with E-state index in [1.807, 2.05) is 48.5 Å². The van der Waals surface area contributed by atoms with Crippen molar-refractivity contribution in [3.63, 3.8) is 0 Å². The molecule has 1 aromatic heterocycles. The standard InChI is InChI=1S/C40H46N4O2/c1-28-13-17-31(18-14-28)40(25-9-4-10-26-40)38(46)42-33-21-22-34-35(27-33)44-36(43-34)29-15-19-32(20-16-29)41-37(45)39(23-7-3-8-24-39)30-11-5-2-6-12-30/h2,5-6,11-13,15-22,27-28,37,41,45H,3-4,7-10,14,23-26H2,1H3,(H,42,46)(H,43,44). The number of nitrogens with zero attached hydrogens (tertiary/aromatic N) is 1. The third kappa shape index (κ3) is 5.91. The molecule has 0 bridgehead atoms. The van der Waals surface area contributed by atoms with E-state index in [9.17, 15) is 9.90 Å². The second-order valence-corrected chi connectivity index (χ2v) is 13.9. The predicted molar refractivity (Wildman–Crippen MR) is 188 cm³/mol. The van der Waals surface area contributed by atoms with Crippen LogP contribution in [0, 0.1) is 11.3 Å². The van der Waals surface area contributed by atoms with Crippen LogP contribution in [0.4, 0.5) is 11.4 Å². The van der Waals surface area contributed by atoms with Crippen molar-refractivity contribution in [3.8, 4) is 11.4 Å². The third-order valence-corrected chi connectivity index (χ3v) is 10.8. The van der Waals surface area contributed by atoms with Crippen LogP contribution in [0.5, 0.6) is 0 Å². The Morgan fingerprint density at radius 1 is 0.891 bits per heavy atom. The zero-order valence-electron chi connectivity index (χ0n) is 26.9. The lowest BCUT2D eigenvalue weighted by molar-refractivity contribution is -0.125. The minimum absolute atomic E-state index is 0.101. The fourth-order valence-electron chi connectivity index (χ4n) is 8.05. The van der Waals surface area contributed by atoms with Crippen LogP contribution in [0.15, 0.2) is 96.6 Å². The molecule has 0 aliphatic heterocycles. The molecule has 2 saturated carbocycles. The van der Waals surface area contributed by atoms with Crippen molar-refractivity contribution in [2.75, 3.05) is 10.6 Å². The lowest BCUT2D eigenvalue weighted by Gasteiger charge is -2.42. The average molecular weight is 615 g/mol. The molecular weight excluding hydrogens is 568 g/mol. The van der Waals surface area contributed by atoms with Gasteiger partial charge >= 0.3 is 0 Å². The van der Waals surface area contributed by atoms with Gasteiger partial charge in [0.05, 0.1) is 16.4 Å². The second kappa shape index (κ2) is 12.9. The summed E-state index contributed by atoms with van der Waals surface area (Å²) in [7, 11) is 0. The van der Waals surface area contributed by atoms with E-state index in [1.165, 1.54) is 24.0 Å². The molecule has 6 nitrogen and oxygen atoms in total. The molecule has 3 aromatic carbocycles. The highest BCUT2D eigenvalue weighted by Crippen LogP contribution is 2.46. The molecule has 4 N–H and O–H groups in total. The number of amides is 1. The van der Waals surface area contributed by atoms with Gasteiger partial charge in [-0.1, -0.05) is 94.0 Å². The number of carbonyl (C=O) groups is 1. The van der Waals surface area contributed by atoms with Crippen molar-refractivity contribution in [1.29, 1.82) is 0 Å². The molecule has 2 unspecified atom stereocenters. The van der Waals surface area contributed by atoms with Gasteiger partial charge in [-0.25, -0.2) is 4.98 Å². The highest BCUT2D eigenvalue weighted by atomic mass is 16.3. The molecule has 1 heterocycles. The average Bonchev–Trinajstić information content (AvgIpc) is 3.53. The Kier molecular flexibility index (Phi) is 8.56. The molecule has 46 heavy (non-hydrogen) atoms. The summed E-state index contributed by atoms with van der Waals surface area (Å²) in [6.07, 6.45) is 17.6. The summed E-state index contributed by atoms with van der Waals surface area (Å²) in [5.74, 6) is 1.40. The first-order valence-corrected chi connectivity index (χ1v) is 17.3. The Labute approximate surface area is 272 Å². The number of allylic oxidation sites excluding steroid dienone is 3. The van der Waals surface area contributed by atoms with E-state index in [0.717, 1.165) is 91.6 Å². The lowest BCUT2D eigenvalue weighted by Crippen LogP contribution is -2.45. The van der Waals surface area contributed by atoms with Crippen LogP contribution in [0.25, 0.3) is 22.4 Å². The van der Waals surface area contributed by atoms with Gasteiger partial charge in [-0.15, -0.1) is 0 Å². The van der Waals surface area contributed by atoms with Crippen LogP contribution < -0.4 is 10.6 Å². The van der Waals surface area contributed by atoms with Gasteiger partial charge in [-0.2, -0.15) is 0 Å². The van der Waals surface area contributed by atoms with Gasteiger partial charge in [0.2, 0.25) is 5.91 Å². The van der Waals surface area contributed by atoms with Crippen LogP contribution in [-0.4, -0.2) is 27.2 Å². The molecule has 0 radical (unpaired) electrons. The Bertz CT molecular complexity index is 1720. The highest BCUT2D eigenvalue weighted by Gasteiger charge is 2.43. The number of imidazole rings is 1. The topological polar surface area (TPSA) is 90.0 Å². The Hall–Kier alpha value is -4.16. The number of nitrogens with one attached hydrogen (secondary N) is 3. The quantitative estimate of drug-likeness (QED) is 0.149. The maximum Gasteiger partial charge on any atom is 0.235 e. The largest absolute Gasteiger partial charge is 0.373 e. The van der Waals surface area contributed by atoms with E-state index in [2.05, 4.69) is 65.0 Å². The van der Waals surface area contributed by atoms with Crippen LogP contribution in [0.2, 0.25) is 0 Å². The number of fused-ring (bicyclic) bond motifs is 1. The van der Waals surface area contributed by atoms with Gasteiger partial charge in [-0.3, -0.25) is 4.79 Å². The fourth-order valence-corrected chi connectivity index (χ4v) is 8.05. The molecule has 1 amide bonds. The molecule has 2 atom stereocenters. The summed E-state index contributed by atoms with van der Waals surface area (Å²) in [5, 5.41) is 18.2. The smallest absolute Gasteiger partial charge is 0.235 e. The van der Waals surface area contributed by atoms with E-state index < -0.39 is 11.6 Å². The molecule has 3 aliphatic carbocycles. The Morgan fingerprint density at radius 2 is 1.59 bits per heavy atom. The van der Waals surface area contributed by atoms with Crippen LogP contribution >= 0.6 is 0 Å². The summed E-state index contributed by atoms with van der Waals surface area (Å²) in [6, 6.07) is 24.5. The van der Waals surface area contributed by atoms with E-state index in [-0.39, 0.29) is 11.3 Å². The van der Waals surface area contributed by atoms with Gasteiger partial charge in [0.25, 0.3) is 0 Å². The van der Waals surface area contributed by atoms with Crippen molar-refractivity contribution < 1.29 is 9.90 Å². The summed E-state index contributed by atoms with van der Waals surface area (Å²) >= 11 is 0. The number of aromatic nitrogens is 2. The number of carbonyl (C=O) groups excluding carboxylic acids is 1. The van der Waals surface area contributed by atoms with Gasteiger partial charge in [0.1, 0.15) is 12.1 Å². The second-order valence-electron chi connectivity index (χ2n) is 13.9. The number of hydrogen-bond acceptors (Lipinski definition) is 4. The molecule has 3 aliphatic rings. The molecular formula is C40H46N4O2. The third-order valence-electron chi connectivity index (χ3n) is 10.8.